The zero-order valence-corrected chi connectivity index (χ0v) is 16.6. The molecular formula is C24H22N2O4. The molecule has 0 aromatic heterocycles. The van der Waals surface area contributed by atoms with Gasteiger partial charge < -0.3 is 20.1 Å². The number of hydrogen-bond donors (Lipinski definition) is 1. The van der Waals surface area contributed by atoms with E-state index in [0.717, 1.165) is 5.56 Å². The van der Waals surface area contributed by atoms with Gasteiger partial charge in [0.25, 0.3) is 0 Å². The Morgan fingerprint density at radius 2 is 1.80 bits per heavy atom. The molecule has 3 aromatic carbocycles. The molecule has 0 radical (unpaired) electrons. The maximum Gasteiger partial charge on any atom is 0.248 e. The second-order valence-corrected chi connectivity index (χ2v) is 7.15. The van der Waals surface area contributed by atoms with Crippen molar-refractivity contribution in [3.63, 3.8) is 0 Å². The highest BCUT2D eigenvalue weighted by molar-refractivity contribution is 5.99. The Hall–Kier alpha value is -3.80. The highest BCUT2D eigenvalue weighted by Crippen LogP contribution is 2.38. The van der Waals surface area contributed by atoms with Gasteiger partial charge in [-0.25, -0.2) is 0 Å². The van der Waals surface area contributed by atoms with Crippen molar-refractivity contribution in [2.24, 2.45) is 5.73 Å². The maximum atomic E-state index is 12.7. The smallest absolute Gasteiger partial charge is 0.248 e. The Labute approximate surface area is 174 Å². The Kier molecular flexibility index (Phi) is 5.39. The molecule has 0 spiro atoms. The molecular weight excluding hydrogens is 380 g/mol. The SMILES string of the molecule is COc1ccc(C2CC(=O)N(c3cccc(C(N)=O)c3)C2)cc1Oc1ccccc1. The molecule has 2 amide bonds. The van der Waals surface area contributed by atoms with E-state index in [0.29, 0.717) is 41.5 Å². The van der Waals surface area contributed by atoms with Crippen LogP contribution in [0.1, 0.15) is 28.3 Å². The standard InChI is InChI=1S/C24H22N2O4/c1-29-21-11-10-16(13-22(21)30-20-8-3-2-4-9-20)18-14-23(27)26(15-18)19-7-5-6-17(12-19)24(25)28/h2-13,18H,14-15H2,1H3,(H2,25,28). The van der Waals surface area contributed by atoms with E-state index in [1.165, 1.54) is 0 Å². The number of ether oxygens (including phenoxy) is 2. The van der Waals surface area contributed by atoms with Crippen LogP contribution in [-0.4, -0.2) is 25.5 Å². The third kappa shape index (κ3) is 3.98. The number of para-hydroxylation sites is 1. The number of carbonyl (C=O) groups excluding carboxylic acids is 2. The molecule has 3 aromatic rings. The number of amides is 2. The van der Waals surface area contributed by atoms with Gasteiger partial charge in [-0.3, -0.25) is 9.59 Å². The number of nitrogens with zero attached hydrogens (tertiary/aromatic N) is 1. The summed E-state index contributed by atoms with van der Waals surface area (Å²) < 4.78 is 11.4. The lowest BCUT2D eigenvalue weighted by Crippen LogP contribution is -2.24. The van der Waals surface area contributed by atoms with Crippen molar-refractivity contribution in [1.82, 2.24) is 0 Å². The van der Waals surface area contributed by atoms with Crippen LogP contribution < -0.4 is 20.1 Å². The highest BCUT2D eigenvalue weighted by atomic mass is 16.5. The lowest BCUT2D eigenvalue weighted by Gasteiger charge is -2.18. The van der Waals surface area contributed by atoms with E-state index < -0.39 is 5.91 Å². The summed E-state index contributed by atoms with van der Waals surface area (Å²) >= 11 is 0. The van der Waals surface area contributed by atoms with Crippen LogP contribution in [-0.2, 0) is 4.79 Å². The molecule has 152 valence electrons. The summed E-state index contributed by atoms with van der Waals surface area (Å²) in [6.45, 7) is 0.512. The van der Waals surface area contributed by atoms with Gasteiger partial charge >= 0.3 is 0 Å². The average molecular weight is 402 g/mol. The van der Waals surface area contributed by atoms with E-state index in [2.05, 4.69) is 0 Å². The van der Waals surface area contributed by atoms with Crippen LogP contribution >= 0.6 is 0 Å². The monoisotopic (exact) mass is 402 g/mol. The fourth-order valence-electron chi connectivity index (χ4n) is 3.65. The quantitative estimate of drug-likeness (QED) is 0.673. The summed E-state index contributed by atoms with van der Waals surface area (Å²) in [7, 11) is 1.60. The molecule has 1 atom stereocenters. The summed E-state index contributed by atoms with van der Waals surface area (Å²) in [5.74, 6) is 1.42. The van der Waals surface area contributed by atoms with E-state index in [1.807, 2.05) is 54.6 Å². The van der Waals surface area contributed by atoms with Crippen LogP contribution in [0.25, 0.3) is 0 Å². The summed E-state index contributed by atoms with van der Waals surface area (Å²) in [6.07, 6.45) is 0.373. The number of primary amides is 1. The molecule has 30 heavy (non-hydrogen) atoms. The lowest BCUT2D eigenvalue weighted by atomic mass is 9.98. The normalized spacial score (nSPS) is 15.8. The van der Waals surface area contributed by atoms with E-state index in [9.17, 15) is 9.59 Å². The van der Waals surface area contributed by atoms with Gasteiger partial charge in [0.1, 0.15) is 5.75 Å². The summed E-state index contributed by atoms with van der Waals surface area (Å²) in [4.78, 5) is 25.9. The van der Waals surface area contributed by atoms with Gasteiger partial charge in [0, 0.05) is 30.1 Å². The van der Waals surface area contributed by atoms with E-state index >= 15 is 0 Å². The molecule has 1 unspecified atom stereocenters. The van der Waals surface area contributed by atoms with Gasteiger partial charge in [-0.1, -0.05) is 30.3 Å². The molecule has 1 saturated heterocycles. The predicted molar refractivity (Wildman–Crippen MR) is 114 cm³/mol. The van der Waals surface area contributed by atoms with Crippen LogP contribution in [0.5, 0.6) is 17.2 Å². The van der Waals surface area contributed by atoms with Gasteiger partial charge in [0.2, 0.25) is 11.8 Å². The fourth-order valence-corrected chi connectivity index (χ4v) is 3.65. The minimum absolute atomic E-state index is 0.00114. The Morgan fingerprint density at radius 1 is 1.00 bits per heavy atom. The second kappa shape index (κ2) is 8.29. The van der Waals surface area contributed by atoms with Crippen molar-refractivity contribution in [2.45, 2.75) is 12.3 Å². The first kappa shape index (κ1) is 19.5. The van der Waals surface area contributed by atoms with Crippen molar-refractivity contribution in [3.05, 3.63) is 83.9 Å². The summed E-state index contributed by atoms with van der Waals surface area (Å²) in [6, 6.07) is 22.0. The molecule has 4 rings (SSSR count). The zero-order chi connectivity index (χ0) is 21.1. The van der Waals surface area contributed by atoms with Gasteiger partial charge in [-0.05, 0) is 48.0 Å². The van der Waals surface area contributed by atoms with Gasteiger partial charge in [0.05, 0.1) is 7.11 Å². The summed E-state index contributed by atoms with van der Waals surface area (Å²) in [5, 5.41) is 0. The topological polar surface area (TPSA) is 81.9 Å². The van der Waals surface area contributed by atoms with Crippen LogP contribution in [0.3, 0.4) is 0 Å². The number of hydrogen-bond acceptors (Lipinski definition) is 4. The van der Waals surface area contributed by atoms with Crippen LogP contribution in [0.15, 0.2) is 72.8 Å². The predicted octanol–water partition coefficient (Wildman–Crippen LogP) is 4.11. The van der Waals surface area contributed by atoms with Crippen LogP contribution in [0, 0.1) is 0 Å². The zero-order valence-electron chi connectivity index (χ0n) is 16.6. The van der Waals surface area contributed by atoms with Crippen molar-refractivity contribution >= 4 is 17.5 Å². The van der Waals surface area contributed by atoms with Crippen LogP contribution in [0.4, 0.5) is 5.69 Å². The molecule has 1 heterocycles. The first-order valence-corrected chi connectivity index (χ1v) is 9.66. The largest absolute Gasteiger partial charge is 0.493 e. The molecule has 0 bridgehead atoms. The third-order valence-corrected chi connectivity index (χ3v) is 5.20. The molecule has 0 saturated carbocycles. The molecule has 2 N–H and O–H groups in total. The Bertz CT molecular complexity index is 1080. The molecule has 1 aliphatic heterocycles. The third-order valence-electron chi connectivity index (χ3n) is 5.20. The van der Waals surface area contributed by atoms with Crippen LogP contribution in [0.2, 0.25) is 0 Å². The molecule has 6 heteroatoms. The number of nitrogens with two attached hydrogens (primary N) is 1. The van der Waals surface area contributed by atoms with Crippen molar-refractivity contribution in [2.75, 3.05) is 18.6 Å². The lowest BCUT2D eigenvalue weighted by molar-refractivity contribution is -0.117. The Morgan fingerprint density at radius 3 is 2.53 bits per heavy atom. The maximum absolute atomic E-state index is 12.7. The van der Waals surface area contributed by atoms with Gasteiger partial charge in [0.15, 0.2) is 11.5 Å². The minimum atomic E-state index is -0.516. The highest BCUT2D eigenvalue weighted by Gasteiger charge is 2.32. The number of benzene rings is 3. The number of methoxy groups -OCH3 is 1. The van der Waals surface area contributed by atoms with E-state index in [4.69, 9.17) is 15.2 Å². The van der Waals surface area contributed by atoms with E-state index in [-0.39, 0.29) is 11.8 Å². The van der Waals surface area contributed by atoms with Crippen molar-refractivity contribution in [1.29, 1.82) is 0 Å². The first-order valence-electron chi connectivity index (χ1n) is 9.66. The Balaban J connectivity index is 1.59. The van der Waals surface area contributed by atoms with E-state index in [1.54, 1.807) is 30.2 Å². The van der Waals surface area contributed by atoms with Gasteiger partial charge in [-0.2, -0.15) is 0 Å². The molecule has 1 fully saturated rings. The fraction of sp³-hybridized carbons (Fsp3) is 0.167. The number of carbonyl (C=O) groups is 2. The van der Waals surface area contributed by atoms with Crippen molar-refractivity contribution < 1.29 is 19.1 Å². The van der Waals surface area contributed by atoms with Crippen molar-refractivity contribution in [3.8, 4) is 17.2 Å². The minimum Gasteiger partial charge on any atom is -0.493 e. The molecule has 1 aliphatic rings. The molecule has 6 nitrogen and oxygen atoms in total. The second-order valence-electron chi connectivity index (χ2n) is 7.15. The number of anilines is 1. The average Bonchev–Trinajstić information content (AvgIpc) is 3.16. The molecule has 0 aliphatic carbocycles. The van der Waals surface area contributed by atoms with Gasteiger partial charge in [-0.15, -0.1) is 0 Å². The summed E-state index contributed by atoms with van der Waals surface area (Å²) in [5.41, 5.74) is 7.42. The first-order chi connectivity index (χ1) is 14.5. The number of rotatable bonds is 6.